The summed E-state index contributed by atoms with van der Waals surface area (Å²) >= 11 is 7.71. The van der Waals surface area contributed by atoms with Crippen LogP contribution in [0.25, 0.3) is 0 Å². The van der Waals surface area contributed by atoms with Gasteiger partial charge in [0.25, 0.3) is 5.91 Å². The van der Waals surface area contributed by atoms with E-state index in [1.54, 1.807) is 35.6 Å². The third-order valence-corrected chi connectivity index (χ3v) is 7.05. The molecule has 2 fully saturated rings. The fraction of sp³-hybridized carbons (Fsp3) is 0.474. The van der Waals surface area contributed by atoms with Gasteiger partial charge in [0.2, 0.25) is 0 Å². The third kappa shape index (κ3) is 2.80. The zero-order chi connectivity index (χ0) is 17.7. The molecule has 5 rings (SSSR count). The van der Waals surface area contributed by atoms with Crippen LogP contribution in [0, 0.1) is 0 Å². The van der Waals surface area contributed by atoms with Crippen LogP contribution in [0.15, 0.2) is 24.3 Å². The standard InChI is InChI=1S/C19H21ClN4OS/c20-13-3-1-12(2-4-13)18(25)23-8-7-16-17(11-23)26-19(22-16)24-14-5-6-15(24)10-21-9-14/h1-4,14-15,21H,5-11H2. The Kier molecular flexibility index (Phi) is 4.14. The number of amides is 1. The fourth-order valence-electron chi connectivity index (χ4n) is 4.33. The van der Waals surface area contributed by atoms with Crippen molar-refractivity contribution in [3.63, 3.8) is 0 Å². The first-order chi connectivity index (χ1) is 12.7. The minimum Gasteiger partial charge on any atom is -0.340 e. The van der Waals surface area contributed by atoms with Crippen molar-refractivity contribution in [2.75, 3.05) is 24.5 Å². The highest BCUT2D eigenvalue weighted by atomic mass is 35.5. The number of aromatic nitrogens is 1. The van der Waals surface area contributed by atoms with Gasteiger partial charge in [-0.2, -0.15) is 0 Å². The average Bonchev–Trinajstić information content (AvgIpc) is 3.18. The second kappa shape index (κ2) is 6.51. The van der Waals surface area contributed by atoms with E-state index in [4.69, 9.17) is 16.6 Å². The van der Waals surface area contributed by atoms with Crippen molar-refractivity contribution in [1.29, 1.82) is 0 Å². The van der Waals surface area contributed by atoms with E-state index in [1.807, 2.05) is 4.90 Å². The molecule has 2 atom stereocenters. The van der Waals surface area contributed by atoms with Crippen LogP contribution in [0.2, 0.25) is 5.02 Å². The molecule has 0 radical (unpaired) electrons. The third-order valence-electron chi connectivity index (χ3n) is 5.70. The molecule has 2 unspecified atom stereocenters. The van der Waals surface area contributed by atoms with Crippen molar-refractivity contribution in [3.8, 4) is 0 Å². The Morgan fingerprint density at radius 1 is 1.19 bits per heavy atom. The van der Waals surface area contributed by atoms with Crippen LogP contribution >= 0.6 is 22.9 Å². The van der Waals surface area contributed by atoms with Crippen LogP contribution in [0.3, 0.4) is 0 Å². The maximum atomic E-state index is 12.8. The quantitative estimate of drug-likeness (QED) is 0.859. The molecule has 3 aliphatic heterocycles. The fourth-order valence-corrected chi connectivity index (χ4v) is 5.72. The second-order valence-corrected chi connectivity index (χ2v) is 8.80. The molecule has 1 N–H and O–H groups in total. The summed E-state index contributed by atoms with van der Waals surface area (Å²) in [6.07, 6.45) is 3.35. The predicted molar refractivity (Wildman–Crippen MR) is 104 cm³/mol. The normalized spacial score (nSPS) is 24.7. The Morgan fingerprint density at radius 3 is 2.65 bits per heavy atom. The number of rotatable bonds is 2. The number of halogens is 1. The molecule has 1 aromatic heterocycles. The highest BCUT2D eigenvalue weighted by molar-refractivity contribution is 7.15. The van der Waals surface area contributed by atoms with Crippen molar-refractivity contribution in [2.45, 2.75) is 37.9 Å². The number of nitrogens with one attached hydrogen (secondary N) is 1. The SMILES string of the molecule is O=C(c1ccc(Cl)cc1)N1CCc2nc(N3C4CCC3CNC4)sc2C1. The minimum atomic E-state index is 0.0736. The molecule has 4 heterocycles. The molecule has 0 aliphatic carbocycles. The highest BCUT2D eigenvalue weighted by Crippen LogP contribution is 2.38. The van der Waals surface area contributed by atoms with Crippen molar-refractivity contribution < 1.29 is 4.79 Å². The van der Waals surface area contributed by atoms with Gasteiger partial charge in [-0.25, -0.2) is 4.98 Å². The van der Waals surface area contributed by atoms with Gasteiger partial charge >= 0.3 is 0 Å². The molecule has 5 nitrogen and oxygen atoms in total. The summed E-state index contributed by atoms with van der Waals surface area (Å²) in [6, 6.07) is 8.30. The maximum absolute atomic E-state index is 12.8. The minimum absolute atomic E-state index is 0.0736. The lowest BCUT2D eigenvalue weighted by Gasteiger charge is -2.35. The molecular formula is C19H21ClN4OS. The number of carbonyl (C=O) groups is 1. The van der Waals surface area contributed by atoms with E-state index >= 15 is 0 Å². The van der Waals surface area contributed by atoms with Gasteiger partial charge in [0, 0.05) is 53.6 Å². The molecule has 0 spiro atoms. The maximum Gasteiger partial charge on any atom is 0.254 e. The van der Waals surface area contributed by atoms with Crippen molar-refractivity contribution in [2.24, 2.45) is 0 Å². The van der Waals surface area contributed by atoms with Gasteiger partial charge in [0.15, 0.2) is 5.13 Å². The average molecular weight is 389 g/mol. The summed E-state index contributed by atoms with van der Waals surface area (Å²) < 4.78 is 0. The Morgan fingerprint density at radius 2 is 1.92 bits per heavy atom. The van der Waals surface area contributed by atoms with E-state index in [9.17, 15) is 4.79 Å². The number of carbonyl (C=O) groups excluding carboxylic acids is 1. The Balaban J connectivity index is 1.36. The summed E-state index contributed by atoms with van der Waals surface area (Å²) in [5.74, 6) is 0.0736. The topological polar surface area (TPSA) is 48.5 Å². The predicted octanol–water partition coefficient (Wildman–Crippen LogP) is 2.94. The first-order valence-corrected chi connectivity index (χ1v) is 10.4. The van der Waals surface area contributed by atoms with Crippen LogP contribution in [0.1, 0.15) is 33.8 Å². The number of piperazine rings is 1. The van der Waals surface area contributed by atoms with Crippen molar-refractivity contribution in [3.05, 3.63) is 45.4 Å². The van der Waals surface area contributed by atoms with Crippen LogP contribution in [0.4, 0.5) is 5.13 Å². The second-order valence-electron chi connectivity index (χ2n) is 7.30. The molecule has 2 aromatic rings. The lowest BCUT2D eigenvalue weighted by Crippen LogP contribution is -2.51. The number of nitrogens with zero attached hydrogens (tertiary/aromatic N) is 3. The number of anilines is 1. The zero-order valence-electron chi connectivity index (χ0n) is 14.4. The van der Waals surface area contributed by atoms with Crippen molar-refractivity contribution in [1.82, 2.24) is 15.2 Å². The van der Waals surface area contributed by atoms with Crippen LogP contribution in [-0.2, 0) is 13.0 Å². The summed E-state index contributed by atoms with van der Waals surface area (Å²) in [7, 11) is 0. The molecule has 2 saturated heterocycles. The first-order valence-electron chi connectivity index (χ1n) is 9.21. The van der Waals surface area contributed by atoms with Crippen LogP contribution < -0.4 is 10.2 Å². The Labute approximate surface area is 162 Å². The summed E-state index contributed by atoms with van der Waals surface area (Å²) in [5.41, 5.74) is 1.88. The van der Waals surface area contributed by atoms with E-state index in [0.717, 1.165) is 31.2 Å². The van der Waals surface area contributed by atoms with Gasteiger partial charge in [-0.15, -0.1) is 0 Å². The molecule has 1 amide bonds. The van der Waals surface area contributed by atoms with Crippen molar-refractivity contribution >= 4 is 34.0 Å². The molecule has 7 heteroatoms. The zero-order valence-corrected chi connectivity index (χ0v) is 16.0. The number of hydrogen-bond acceptors (Lipinski definition) is 5. The van der Waals surface area contributed by atoms with Gasteiger partial charge in [-0.1, -0.05) is 22.9 Å². The highest BCUT2D eigenvalue weighted by Gasteiger charge is 2.39. The van der Waals surface area contributed by atoms with Crippen LogP contribution in [0.5, 0.6) is 0 Å². The lowest BCUT2D eigenvalue weighted by atomic mass is 10.1. The van der Waals surface area contributed by atoms with E-state index in [-0.39, 0.29) is 5.91 Å². The van der Waals surface area contributed by atoms with Gasteiger partial charge in [0.1, 0.15) is 0 Å². The Bertz CT molecular complexity index is 821. The smallest absolute Gasteiger partial charge is 0.254 e. The van der Waals surface area contributed by atoms with Gasteiger partial charge in [-0.05, 0) is 37.1 Å². The number of benzene rings is 1. The Hall–Kier alpha value is -1.63. The summed E-state index contributed by atoms with van der Waals surface area (Å²) in [4.78, 5) is 23.5. The van der Waals surface area contributed by atoms with Gasteiger partial charge < -0.3 is 15.1 Å². The molecule has 3 aliphatic rings. The number of hydrogen-bond donors (Lipinski definition) is 1. The van der Waals surface area contributed by atoms with Gasteiger partial charge in [0.05, 0.1) is 12.2 Å². The largest absolute Gasteiger partial charge is 0.340 e. The molecule has 0 saturated carbocycles. The molecular weight excluding hydrogens is 368 g/mol. The lowest BCUT2D eigenvalue weighted by molar-refractivity contribution is 0.0736. The van der Waals surface area contributed by atoms with E-state index in [0.29, 0.717) is 29.2 Å². The first kappa shape index (κ1) is 16.5. The van der Waals surface area contributed by atoms with Crippen LogP contribution in [-0.4, -0.2) is 47.5 Å². The number of thiazole rings is 1. The molecule has 136 valence electrons. The molecule has 2 bridgehead atoms. The van der Waals surface area contributed by atoms with E-state index < -0.39 is 0 Å². The molecule has 26 heavy (non-hydrogen) atoms. The molecule has 1 aromatic carbocycles. The number of fused-ring (bicyclic) bond motifs is 3. The van der Waals surface area contributed by atoms with Gasteiger partial charge in [-0.3, -0.25) is 4.79 Å². The summed E-state index contributed by atoms with van der Waals surface area (Å²) in [6.45, 7) is 3.51. The van der Waals surface area contributed by atoms with E-state index in [2.05, 4.69) is 10.2 Å². The monoisotopic (exact) mass is 388 g/mol. The summed E-state index contributed by atoms with van der Waals surface area (Å²) in [5, 5.41) is 5.34. The van der Waals surface area contributed by atoms with E-state index in [1.165, 1.54) is 23.4 Å².